The molecule has 0 radical (unpaired) electrons. The molecule has 0 N–H and O–H groups in total. The molecule has 1 aromatic carbocycles. The van der Waals surface area contributed by atoms with Crippen LogP contribution in [0.25, 0.3) is 0 Å². The maximum absolute atomic E-state index is 12.7. The Morgan fingerprint density at radius 2 is 2.09 bits per heavy atom. The Morgan fingerprint density at radius 3 is 2.78 bits per heavy atom. The van der Waals surface area contributed by atoms with E-state index in [9.17, 15) is 8.42 Å². The molecule has 1 aromatic heterocycles. The zero-order chi connectivity index (χ0) is 16.3. The number of thiophene rings is 1. The highest BCUT2D eigenvalue weighted by molar-refractivity contribution is 7.91. The van der Waals surface area contributed by atoms with Gasteiger partial charge in [-0.05, 0) is 42.3 Å². The SMILES string of the molecule is Cc1csc(S(=O)(=O)N2CCO[C@@H](CCc3ccccc3)C2)c1. The molecule has 6 heteroatoms. The number of rotatable bonds is 5. The van der Waals surface area contributed by atoms with Crippen molar-refractivity contribution < 1.29 is 13.2 Å². The van der Waals surface area contributed by atoms with Crippen LogP contribution in [-0.2, 0) is 21.2 Å². The highest BCUT2D eigenvalue weighted by atomic mass is 32.2. The van der Waals surface area contributed by atoms with Crippen molar-refractivity contribution in [3.05, 3.63) is 52.9 Å². The second-order valence-corrected chi connectivity index (χ2v) is 8.90. The number of ether oxygens (including phenoxy) is 1. The summed E-state index contributed by atoms with van der Waals surface area (Å²) in [6, 6.07) is 12.0. The standard InChI is InChI=1S/C17H21NO3S2/c1-14-11-17(22-13-14)23(19,20)18-9-10-21-16(12-18)8-7-15-5-3-2-4-6-15/h2-6,11,13,16H,7-10,12H2,1H3/t16-/m0/s1. The van der Waals surface area contributed by atoms with E-state index in [2.05, 4.69) is 12.1 Å². The predicted molar refractivity (Wildman–Crippen MR) is 92.3 cm³/mol. The average molecular weight is 351 g/mol. The lowest BCUT2D eigenvalue weighted by Crippen LogP contribution is -2.45. The minimum atomic E-state index is -3.39. The highest BCUT2D eigenvalue weighted by Crippen LogP contribution is 2.25. The van der Waals surface area contributed by atoms with Crippen LogP contribution in [0.3, 0.4) is 0 Å². The van der Waals surface area contributed by atoms with Crippen molar-refractivity contribution in [2.75, 3.05) is 19.7 Å². The third-order valence-electron chi connectivity index (χ3n) is 4.00. The number of nitrogens with zero attached hydrogens (tertiary/aromatic N) is 1. The van der Waals surface area contributed by atoms with Gasteiger partial charge in [0, 0.05) is 13.1 Å². The second-order valence-electron chi connectivity index (χ2n) is 5.82. The summed E-state index contributed by atoms with van der Waals surface area (Å²) in [4.78, 5) is 0. The molecule has 3 rings (SSSR count). The number of hydrogen-bond donors (Lipinski definition) is 0. The number of hydrogen-bond acceptors (Lipinski definition) is 4. The zero-order valence-electron chi connectivity index (χ0n) is 13.1. The molecule has 1 aliphatic rings. The van der Waals surface area contributed by atoms with Crippen LogP contribution in [-0.4, -0.2) is 38.5 Å². The molecule has 2 aromatic rings. The summed E-state index contributed by atoms with van der Waals surface area (Å²) in [7, 11) is -3.39. The van der Waals surface area contributed by atoms with Gasteiger partial charge in [0.2, 0.25) is 0 Å². The predicted octanol–water partition coefficient (Wildman–Crippen LogP) is 3.08. The molecule has 1 fully saturated rings. The van der Waals surface area contributed by atoms with Gasteiger partial charge in [-0.25, -0.2) is 8.42 Å². The first-order chi connectivity index (χ1) is 11.1. The molecule has 1 atom stereocenters. The molecular weight excluding hydrogens is 330 g/mol. The summed E-state index contributed by atoms with van der Waals surface area (Å²) in [6.07, 6.45) is 1.69. The molecule has 4 nitrogen and oxygen atoms in total. The van der Waals surface area contributed by atoms with E-state index in [1.807, 2.05) is 30.5 Å². The molecule has 23 heavy (non-hydrogen) atoms. The van der Waals surface area contributed by atoms with Crippen LogP contribution >= 0.6 is 11.3 Å². The third kappa shape index (κ3) is 4.01. The van der Waals surface area contributed by atoms with Crippen molar-refractivity contribution in [3.8, 4) is 0 Å². The maximum Gasteiger partial charge on any atom is 0.252 e. The Bertz CT molecular complexity index is 740. The first-order valence-electron chi connectivity index (χ1n) is 7.76. The van der Waals surface area contributed by atoms with Gasteiger partial charge in [0.1, 0.15) is 4.21 Å². The van der Waals surface area contributed by atoms with E-state index in [0.29, 0.717) is 23.9 Å². The lowest BCUT2D eigenvalue weighted by atomic mass is 10.1. The summed E-state index contributed by atoms with van der Waals surface area (Å²) in [5.74, 6) is 0. The lowest BCUT2D eigenvalue weighted by Gasteiger charge is -2.31. The quantitative estimate of drug-likeness (QED) is 0.832. The fraction of sp³-hybridized carbons (Fsp3) is 0.412. The first kappa shape index (κ1) is 16.6. The number of morpholine rings is 1. The topological polar surface area (TPSA) is 46.6 Å². The van der Waals surface area contributed by atoms with Crippen LogP contribution in [0.2, 0.25) is 0 Å². The van der Waals surface area contributed by atoms with Crippen LogP contribution in [0.4, 0.5) is 0 Å². The largest absolute Gasteiger partial charge is 0.375 e. The summed E-state index contributed by atoms with van der Waals surface area (Å²) in [5.41, 5.74) is 2.24. The molecule has 0 unspecified atom stereocenters. The van der Waals surface area contributed by atoms with E-state index in [-0.39, 0.29) is 6.10 Å². The van der Waals surface area contributed by atoms with Crippen LogP contribution in [0.15, 0.2) is 46.0 Å². The number of aryl methyl sites for hydroxylation is 2. The minimum Gasteiger partial charge on any atom is -0.375 e. The fourth-order valence-electron chi connectivity index (χ4n) is 2.73. The van der Waals surface area contributed by atoms with E-state index in [1.165, 1.54) is 16.9 Å². The van der Waals surface area contributed by atoms with E-state index >= 15 is 0 Å². The molecule has 2 heterocycles. The summed E-state index contributed by atoms with van der Waals surface area (Å²) < 4.78 is 33.2. The highest BCUT2D eigenvalue weighted by Gasteiger charge is 2.31. The lowest BCUT2D eigenvalue weighted by molar-refractivity contribution is -0.00521. The van der Waals surface area contributed by atoms with Gasteiger partial charge in [-0.3, -0.25) is 0 Å². The van der Waals surface area contributed by atoms with Crippen molar-refractivity contribution >= 4 is 21.4 Å². The monoisotopic (exact) mass is 351 g/mol. The Morgan fingerprint density at radius 1 is 1.30 bits per heavy atom. The number of benzene rings is 1. The van der Waals surface area contributed by atoms with Crippen molar-refractivity contribution in [2.45, 2.75) is 30.1 Å². The van der Waals surface area contributed by atoms with E-state index in [4.69, 9.17) is 4.74 Å². The van der Waals surface area contributed by atoms with E-state index < -0.39 is 10.0 Å². The van der Waals surface area contributed by atoms with Crippen LogP contribution in [0.1, 0.15) is 17.5 Å². The molecule has 0 amide bonds. The van der Waals surface area contributed by atoms with Crippen LogP contribution in [0.5, 0.6) is 0 Å². The molecule has 0 bridgehead atoms. The Kier molecular flexibility index (Phi) is 5.16. The zero-order valence-corrected chi connectivity index (χ0v) is 14.8. The van der Waals surface area contributed by atoms with Gasteiger partial charge in [-0.2, -0.15) is 4.31 Å². The van der Waals surface area contributed by atoms with E-state index in [0.717, 1.165) is 18.4 Å². The van der Waals surface area contributed by atoms with Gasteiger partial charge in [-0.15, -0.1) is 11.3 Å². The van der Waals surface area contributed by atoms with Crippen LogP contribution in [0, 0.1) is 6.92 Å². The molecule has 0 aliphatic carbocycles. The van der Waals surface area contributed by atoms with E-state index in [1.54, 1.807) is 10.4 Å². The molecule has 0 saturated carbocycles. The van der Waals surface area contributed by atoms with Gasteiger partial charge in [0.15, 0.2) is 0 Å². The minimum absolute atomic E-state index is 0.0419. The second kappa shape index (κ2) is 7.13. The Labute approximate surface area is 141 Å². The first-order valence-corrected chi connectivity index (χ1v) is 10.1. The Hall–Kier alpha value is -1.21. The summed E-state index contributed by atoms with van der Waals surface area (Å²) in [5, 5.41) is 1.88. The smallest absolute Gasteiger partial charge is 0.252 e. The Balaban J connectivity index is 1.64. The van der Waals surface area contributed by atoms with Gasteiger partial charge in [0.25, 0.3) is 10.0 Å². The molecule has 0 spiro atoms. The fourth-order valence-corrected chi connectivity index (χ4v) is 5.56. The normalized spacial score (nSPS) is 19.8. The maximum atomic E-state index is 12.7. The third-order valence-corrected chi connectivity index (χ3v) is 7.40. The number of sulfonamides is 1. The van der Waals surface area contributed by atoms with Gasteiger partial charge in [0.05, 0.1) is 12.7 Å². The molecule has 124 valence electrons. The molecular formula is C17H21NO3S2. The van der Waals surface area contributed by atoms with Crippen molar-refractivity contribution in [3.63, 3.8) is 0 Å². The van der Waals surface area contributed by atoms with Crippen molar-refractivity contribution in [2.24, 2.45) is 0 Å². The van der Waals surface area contributed by atoms with Crippen molar-refractivity contribution in [1.29, 1.82) is 0 Å². The van der Waals surface area contributed by atoms with Gasteiger partial charge >= 0.3 is 0 Å². The molecule has 1 aliphatic heterocycles. The molecule has 1 saturated heterocycles. The van der Waals surface area contributed by atoms with Gasteiger partial charge < -0.3 is 4.74 Å². The average Bonchev–Trinajstić information content (AvgIpc) is 3.01. The van der Waals surface area contributed by atoms with Crippen LogP contribution < -0.4 is 0 Å². The van der Waals surface area contributed by atoms with Crippen molar-refractivity contribution in [1.82, 2.24) is 4.31 Å². The summed E-state index contributed by atoms with van der Waals surface area (Å²) in [6.45, 7) is 3.24. The summed E-state index contributed by atoms with van der Waals surface area (Å²) >= 11 is 1.29. The van der Waals surface area contributed by atoms with Gasteiger partial charge in [-0.1, -0.05) is 30.3 Å².